The Morgan fingerprint density at radius 1 is 1.05 bits per heavy atom. The van der Waals surface area contributed by atoms with Gasteiger partial charge in [0.1, 0.15) is 12.2 Å². The van der Waals surface area contributed by atoms with Crippen molar-refractivity contribution in [1.29, 1.82) is 0 Å². The third kappa shape index (κ3) is 4.91. The largest absolute Gasteiger partial charge is 2.00 e. The molecule has 9 heteroatoms. The zero-order chi connectivity index (χ0) is 30.7. The number of hydrogen-bond donors (Lipinski definition) is 1. The maximum atomic E-state index is 13.3. The van der Waals surface area contributed by atoms with Crippen molar-refractivity contribution in [2.75, 3.05) is 7.11 Å². The third-order valence-corrected chi connectivity index (χ3v) is 10.2. The van der Waals surface area contributed by atoms with Crippen LogP contribution in [0, 0.1) is 37.5 Å². The van der Waals surface area contributed by atoms with Crippen molar-refractivity contribution < 1.29 is 19.4 Å². The predicted octanol–water partition coefficient (Wildman–Crippen LogP) is 4.13. The van der Waals surface area contributed by atoms with Gasteiger partial charge in [0, 0.05) is 6.42 Å². The first-order valence-electron chi connectivity index (χ1n) is 15.5. The number of aromatic nitrogens is 2. The van der Waals surface area contributed by atoms with E-state index < -0.39 is 24.0 Å². The molecule has 0 radical (unpaired) electrons. The summed E-state index contributed by atoms with van der Waals surface area (Å²) in [6.07, 6.45) is 8.79. The van der Waals surface area contributed by atoms with Crippen LogP contribution in [-0.4, -0.2) is 53.6 Å². The maximum absolute atomic E-state index is 13.3. The summed E-state index contributed by atoms with van der Waals surface area (Å²) in [7, 11) is 1.34. The summed E-state index contributed by atoms with van der Waals surface area (Å²) in [4.78, 5) is 35.0. The minimum absolute atomic E-state index is 0. The molecule has 0 aromatic carbocycles. The molecule has 0 spiro atoms. The van der Waals surface area contributed by atoms with Gasteiger partial charge in [-0.15, -0.1) is 27.8 Å². The van der Waals surface area contributed by atoms with Crippen LogP contribution in [0.5, 0.6) is 0 Å². The minimum atomic E-state index is -1.10. The first-order valence-corrected chi connectivity index (χ1v) is 15.5. The average molecular weight is 605 g/mol. The van der Waals surface area contributed by atoms with Crippen molar-refractivity contribution >= 4 is 53.0 Å². The molecule has 44 heavy (non-hydrogen) atoms. The molecule has 2 aromatic rings. The fraction of sp³-hybridized carbons (Fsp3) is 0.486. The normalized spacial score (nSPS) is 29.9. The van der Waals surface area contributed by atoms with Crippen LogP contribution in [0.25, 0.3) is 28.4 Å². The second-order valence-corrected chi connectivity index (χ2v) is 12.3. The minimum Gasteiger partial charge on any atom is -0.681 e. The number of hydrogen-bond acceptors (Lipinski definition) is 4. The van der Waals surface area contributed by atoms with Crippen LogP contribution < -0.4 is 20.7 Å². The van der Waals surface area contributed by atoms with Crippen molar-refractivity contribution in [2.24, 2.45) is 23.7 Å². The van der Waals surface area contributed by atoms with Gasteiger partial charge in [-0.05, 0) is 63.4 Å². The number of allylic oxidation sites excluding steroid dienone is 3. The van der Waals surface area contributed by atoms with E-state index in [1.807, 2.05) is 13.0 Å². The molecule has 1 aliphatic carbocycles. The second-order valence-electron chi connectivity index (χ2n) is 12.3. The van der Waals surface area contributed by atoms with E-state index >= 15 is 0 Å². The number of nitrogens with zero attached hydrogens (tertiary/aromatic N) is 4. The predicted molar refractivity (Wildman–Crippen MR) is 172 cm³/mol. The summed E-state index contributed by atoms with van der Waals surface area (Å²) >= 11 is 0. The Morgan fingerprint density at radius 3 is 2.45 bits per heavy atom. The molecule has 2 aromatic heterocycles. The van der Waals surface area contributed by atoms with Gasteiger partial charge in [0.15, 0.2) is 0 Å². The first-order chi connectivity index (χ1) is 20.6. The second kappa shape index (κ2) is 12.4. The Kier molecular flexibility index (Phi) is 9.13. The molecule has 0 amide bonds. The summed E-state index contributed by atoms with van der Waals surface area (Å²) < 4.78 is 5.22. The number of esters is 1. The molecule has 8 nitrogen and oxygen atoms in total. The number of carbonyl (C=O) groups is 2. The van der Waals surface area contributed by atoms with E-state index in [9.17, 15) is 14.7 Å². The molecule has 0 saturated carbocycles. The Hall–Kier alpha value is -3.01. The van der Waals surface area contributed by atoms with Gasteiger partial charge in [0.05, 0.1) is 13.2 Å². The van der Waals surface area contributed by atoms with E-state index in [0.29, 0.717) is 29.3 Å². The summed E-state index contributed by atoms with van der Waals surface area (Å²) in [5.41, 5.74) is 10.2. The van der Waals surface area contributed by atoms with Gasteiger partial charge >= 0.3 is 29.0 Å². The van der Waals surface area contributed by atoms with Crippen LogP contribution in [-0.2, 0) is 20.7 Å². The molecule has 1 N–H and O–H groups in total. The van der Waals surface area contributed by atoms with Crippen molar-refractivity contribution in [2.45, 2.75) is 79.4 Å². The van der Waals surface area contributed by atoms with Gasteiger partial charge in [0.25, 0.3) is 0 Å². The standard InChI is InChI=1S/C35H40N4O4.Mg/c1-8-20-16(3)23-13-25-18(5)22(11-10-12-40)32(38-25)30-31(35(42)43-7)34(41)29-19(6)26(39-33(29)30)15-28-21(9-2)17(4)24(37-28)14-27(20)36-23;/h12-15,18,20,22,31-32,34,41H,8-11H2,1-7H3;/q-4;+2/b25-13-,26-15-,27-14-;/t18-,20+,22-,31+,32?,34-;/m0./s1. The summed E-state index contributed by atoms with van der Waals surface area (Å²) in [6, 6.07) is -0.437. The molecular formula is C35H40MgN4O4-2. The van der Waals surface area contributed by atoms with Gasteiger partial charge in [-0.3, -0.25) is 4.79 Å². The zero-order valence-corrected chi connectivity index (χ0v) is 28.2. The summed E-state index contributed by atoms with van der Waals surface area (Å²) in [5.74, 6) is -1.29. The molecule has 1 unspecified atom stereocenters. The van der Waals surface area contributed by atoms with Crippen LogP contribution in [0.2, 0.25) is 0 Å². The Balaban J connectivity index is 0.00000384. The van der Waals surface area contributed by atoms with E-state index in [2.05, 4.69) is 46.8 Å². The van der Waals surface area contributed by atoms with Crippen LogP contribution in [0.15, 0.2) is 28.7 Å². The topological polar surface area (TPSA) is 120 Å². The summed E-state index contributed by atoms with van der Waals surface area (Å²) in [6.45, 7) is 12.6. The zero-order valence-electron chi connectivity index (χ0n) is 26.8. The summed E-state index contributed by atoms with van der Waals surface area (Å²) in [5, 5.41) is 23.4. The Labute approximate surface area is 275 Å². The molecule has 228 valence electrons. The van der Waals surface area contributed by atoms with Gasteiger partial charge in [-0.25, -0.2) is 0 Å². The molecule has 6 atom stereocenters. The molecule has 8 bridgehead atoms. The molecular weight excluding hydrogens is 565 g/mol. The number of aldehydes is 1. The molecule has 1 saturated heterocycles. The average Bonchev–Trinajstić information content (AvgIpc) is 3.72. The molecule has 5 heterocycles. The molecule has 1 fully saturated rings. The smallest absolute Gasteiger partial charge is 0.681 e. The quantitative estimate of drug-likeness (QED) is 0.301. The number of aliphatic hydroxyl groups is 1. The van der Waals surface area contributed by atoms with Gasteiger partial charge in [0.2, 0.25) is 0 Å². The van der Waals surface area contributed by atoms with Crippen LogP contribution in [0.3, 0.4) is 0 Å². The van der Waals surface area contributed by atoms with Crippen molar-refractivity contribution in [3.63, 3.8) is 0 Å². The monoisotopic (exact) mass is 604 g/mol. The fourth-order valence-corrected chi connectivity index (χ4v) is 7.74. The van der Waals surface area contributed by atoms with Gasteiger partial charge in [-0.2, -0.15) is 11.4 Å². The number of rotatable bonds is 6. The van der Waals surface area contributed by atoms with Gasteiger partial charge < -0.3 is 35.2 Å². The van der Waals surface area contributed by atoms with E-state index in [-0.39, 0.29) is 40.8 Å². The maximum Gasteiger partial charge on any atom is 2.00 e. The number of aliphatic hydroxyl groups excluding tert-OH is 1. The van der Waals surface area contributed by atoms with E-state index in [1.165, 1.54) is 12.7 Å². The van der Waals surface area contributed by atoms with Crippen molar-refractivity contribution in [1.82, 2.24) is 9.97 Å². The first kappa shape index (κ1) is 32.4. The van der Waals surface area contributed by atoms with E-state index in [4.69, 9.17) is 25.3 Å². The van der Waals surface area contributed by atoms with Crippen molar-refractivity contribution in [3.05, 3.63) is 83.7 Å². The number of fused-ring (bicyclic) bond motifs is 8. The number of methoxy groups -OCH3 is 1. The van der Waals surface area contributed by atoms with E-state index in [1.54, 1.807) is 0 Å². The Bertz CT molecular complexity index is 1720. The van der Waals surface area contributed by atoms with Crippen molar-refractivity contribution in [3.8, 4) is 0 Å². The van der Waals surface area contributed by atoms with E-state index in [0.717, 1.165) is 69.6 Å². The third-order valence-electron chi connectivity index (χ3n) is 10.2. The number of carbonyl (C=O) groups excluding carboxylic acids is 2. The molecule has 3 aliphatic heterocycles. The van der Waals surface area contributed by atoms with Crippen LogP contribution in [0.1, 0.15) is 86.7 Å². The fourth-order valence-electron chi connectivity index (χ4n) is 7.74. The number of ether oxygens (including phenoxy) is 1. The Morgan fingerprint density at radius 2 is 1.80 bits per heavy atom. The van der Waals surface area contributed by atoms with Crippen LogP contribution >= 0.6 is 0 Å². The SMILES string of the molecule is CCc1c2[n-]c(c1C)/C=C1\[N-]C(=C(C)[C@H]1CC)/C=C1\[N-]C(C3=c4[n-]/c(c(C)c4[C@H](O)[C@@H]3C(=O)OC)=C\2)[C@@H](CCC=O)[C@@H]1C.[Mg+2]. The molecule has 4 aliphatic rings. The van der Waals surface area contributed by atoms with Crippen LogP contribution in [0.4, 0.5) is 0 Å². The van der Waals surface area contributed by atoms with Gasteiger partial charge in [-0.1, -0.05) is 72.9 Å². The molecule has 6 rings (SSSR count).